The number of carbonyl (C=O) groups is 2. The van der Waals surface area contributed by atoms with E-state index in [0.29, 0.717) is 17.3 Å². The number of imidazole rings is 1. The summed E-state index contributed by atoms with van der Waals surface area (Å²) in [4.78, 5) is 34.8. The van der Waals surface area contributed by atoms with E-state index in [4.69, 9.17) is 9.47 Å². The average molecular weight is 578 g/mol. The van der Waals surface area contributed by atoms with Crippen LogP contribution in [0, 0.1) is 12.7 Å². The van der Waals surface area contributed by atoms with Crippen LogP contribution >= 0.6 is 0 Å². The number of nitrogens with zero attached hydrogens (tertiary/aromatic N) is 6. The van der Waals surface area contributed by atoms with Gasteiger partial charge in [0.1, 0.15) is 11.3 Å². The quantitative estimate of drug-likeness (QED) is 0.342. The van der Waals surface area contributed by atoms with Crippen LogP contribution in [-0.2, 0) is 4.74 Å². The van der Waals surface area contributed by atoms with Gasteiger partial charge in [-0.3, -0.25) is 4.79 Å². The highest BCUT2D eigenvalue weighted by molar-refractivity contribution is 6.04. The Labute approximate surface area is 243 Å². The summed E-state index contributed by atoms with van der Waals surface area (Å²) >= 11 is 0. The Morgan fingerprint density at radius 2 is 1.79 bits per heavy atom. The molecule has 1 aliphatic heterocycles. The molecule has 1 N–H and O–H groups in total. The second-order valence-electron chi connectivity index (χ2n) is 12.1. The number of piperidine rings is 1. The van der Waals surface area contributed by atoms with E-state index < -0.39 is 17.3 Å². The molecule has 0 aromatic carbocycles. The average Bonchev–Trinajstić information content (AvgIpc) is 3.52. The number of carbonyl (C=O) groups excluding carboxylic acids is 2. The van der Waals surface area contributed by atoms with Crippen molar-refractivity contribution in [3.05, 3.63) is 53.9 Å². The SMILES string of the molecule is COc1cc2c(N3CCC(N(C(=O)OC(C)(C)C)C4CC4)CC3)ccc(C(=O)Nc3cc(F)c4nc(C)cn4c3)n2n1. The van der Waals surface area contributed by atoms with Gasteiger partial charge in [-0.05, 0) is 65.5 Å². The maximum atomic E-state index is 14.6. The third-order valence-electron chi connectivity index (χ3n) is 7.65. The molecule has 42 heavy (non-hydrogen) atoms. The third kappa shape index (κ3) is 5.45. The first kappa shape index (κ1) is 27.8. The summed E-state index contributed by atoms with van der Waals surface area (Å²) in [5, 5.41) is 7.29. The van der Waals surface area contributed by atoms with Crippen molar-refractivity contribution in [2.45, 2.75) is 71.1 Å². The van der Waals surface area contributed by atoms with Crippen molar-refractivity contribution in [1.82, 2.24) is 23.9 Å². The van der Waals surface area contributed by atoms with Crippen LogP contribution in [0.5, 0.6) is 5.88 Å². The zero-order valence-corrected chi connectivity index (χ0v) is 24.6. The van der Waals surface area contributed by atoms with Gasteiger partial charge in [-0.2, -0.15) is 0 Å². The number of aryl methyl sites for hydroxylation is 1. The van der Waals surface area contributed by atoms with Gasteiger partial charge in [-0.15, -0.1) is 5.10 Å². The van der Waals surface area contributed by atoms with Crippen molar-refractivity contribution >= 4 is 34.5 Å². The standard InChI is InChI=1S/C30H36FN7O4/c1-18-16-36-17-19(14-22(31)27(36)32-18)33-28(39)24-9-8-23(25-15-26(41-5)34-38(24)25)35-12-10-21(11-13-35)37(20-6-7-20)29(40)42-30(2,3)4/h8-9,14-17,20-21H,6-7,10-13H2,1-5H3,(H,33,39). The number of pyridine rings is 2. The maximum Gasteiger partial charge on any atom is 0.410 e. The number of aromatic nitrogens is 4. The molecule has 2 amide bonds. The predicted octanol–water partition coefficient (Wildman–Crippen LogP) is 5.06. The van der Waals surface area contributed by atoms with E-state index in [1.54, 1.807) is 40.4 Å². The van der Waals surface area contributed by atoms with Crippen LogP contribution in [0.15, 0.2) is 36.7 Å². The highest BCUT2D eigenvalue weighted by atomic mass is 19.1. The fourth-order valence-corrected chi connectivity index (χ4v) is 5.67. The minimum atomic E-state index is -0.537. The molecule has 0 unspecified atom stereocenters. The van der Waals surface area contributed by atoms with E-state index in [-0.39, 0.29) is 29.5 Å². The number of nitrogens with one attached hydrogen (secondary N) is 1. The third-order valence-corrected chi connectivity index (χ3v) is 7.65. The van der Waals surface area contributed by atoms with E-state index in [0.717, 1.165) is 50.0 Å². The Bertz CT molecular complexity index is 1660. The predicted molar refractivity (Wildman–Crippen MR) is 156 cm³/mol. The Morgan fingerprint density at radius 1 is 1.07 bits per heavy atom. The second kappa shape index (κ2) is 10.5. The van der Waals surface area contributed by atoms with Gasteiger partial charge in [0.25, 0.3) is 5.91 Å². The molecule has 4 aromatic rings. The Kier molecular flexibility index (Phi) is 6.94. The first-order chi connectivity index (χ1) is 20.0. The van der Waals surface area contributed by atoms with E-state index in [9.17, 15) is 14.0 Å². The lowest BCUT2D eigenvalue weighted by atomic mass is 10.0. The monoisotopic (exact) mass is 577 g/mol. The number of amides is 2. The number of fused-ring (bicyclic) bond motifs is 2. The molecule has 6 rings (SSSR count). The zero-order chi connectivity index (χ0) is 29.8. The number of hydrogen-bond acceptors (Lipinski definition) is 7. The number of rotatable bonds is 6. The van der Waals surface area contributed by atoms with E-state index >= 15 is 0 Å². The Morgan fingerprint density at radius 3 is 2.45 bits per heavy atom. The van der Waals surface area contributed by atoms with Crippen molar-refractivity contribution in [3.8, 4) is 5.88 Å². The summed E-state index contributed by atoms with van der Waals surface area (Å²) < 4.78 is 28.9. The minimum absolute atomic E-state index is 0.112. The van der Waals surface area contributed by atoms with Crippen LogP contribution in [0.2, 0.25) is 0 Å². The highest BCUT2D eigenvalue weighted by Gasteiger charge is 2.41. The number of ether oxygens (including phenoxy) is 2. The molecule has 222 valence electrons. The van der Waals surface area contributed by atoms with Gasteiger partial charge in [0.05, 0.1) is 29.7 Å². The lowest BCUT2D eigenvalue weighted by Gasteiger charge is -2.40. The van der Waals surface area contributed by atoms with Gasteiger partial charge >= 0.3 is 6.09 Å². The van der Waals surface area contributed by atoms with Gasteiger partial charge in [0.2, 0.25) is 5.88 Å². The molecule has 0 atom stereocenters. The van der Waals surface area contributed by atoms with Crippen molar-refractivity contribution in [2.24, 2.45) is 0 Å². The normalized spacial score (nSPS) is 16.2. The molecule has 2 aliphatic rings. The smallest absolute Gasteiger partial charge is 0.410 e. The largest absolute Gasteiger partial charge is 0.480 e. The van der Waals surface area contributed by atoms with Gasteiger partial charge in [-0.25, -0.2) is 18.7 Å². The molecule has 1 saturated heterocycles. The van der Waals surface area contributed by atoms with E-state index in [1.165, 1.54) is 13.2 Å². The minimum Gasteiger partial charge on any atom is -0.480 e. The molecule has 1 aliphatic carbocycles. The topological polar surface area (TPSA) is 106 Å². The number of methoxy groups -OCH3 is 1. The fourth-order valence-electron chi connectivity index (χ4n) is 5.67. The van der Waals surface area contributed by atoms with Crippen LogP contribution in [-0.4, -0.2) is 73.8 Å². The van der Waals surface area contributed by atoms with Crippen molar-refractivity contribution in [1.29, 1.82) is 0 Å². The molecular formula is C30H36FN7O4. The molecule has 5 heterocycles. The Balaban J connectivity index is 1.22. The van der Waals surface area contributed by atoms with Crippen molar-refractivity contribution in [3.63, 3.8) is 0 Å². The van der Waals surface area contributed by atoms with Gasteiger partial charge in [0, 0.05) is 49.7 Å². The number of hydrogen-bond donors (Lipinski definition) is 1. The van der Waals surface area contributed by atoms with Crippen LogP contribution in [0.25, 0.3) is 11.2 Å². The lowest BCUT2D eigenvalue weighted by Crippen LogP contribution is -2.50. The summed E-state index contributed by atoms with van der Waals surface area (Å²) in [6, 6.07) is 7.04. The van der Waals surface area contributed by atoms with E-state index in [1.807, 2.05) is 31.7 Å². The molecule has 0 bridgehead atoms. The zero-order valence-electron chi connectivity index (χ0n) is 24.6. The Hall–Kier alpha value is -4.35. The van der Waals surface area contributed by atoms with Gasteiger partial charge in [-0.1, -0.05) is 0 Å². The maximum absolute atomic E-state index is 14.6. The molecule has 2 fully saturated rings. The first-order valence-electron chi connectivity index (χ1n) is 14.3. The van der Waals surface area contributed by atoms with Crippen LogP contribution < -0.4 is 15.0 Å². The molecule has 11 nitrogen and oxygen atoms in total. The van der Waals surface area contributed by atoms with Gasteiger partial charge in [0.15, 0.2) is 11.5 Å². The van der Waals surface area contributed by atoms with Gasteiger partial charge < -0.3 is 29.0 Å². The molecular weight excluding hydrogens is 541 g/mol. The summed E-state index contributed by atoms with van der Waals surface area (Å²) in [7, 11) is 1.53. The first-order valence-corrected chi connectivity index (χ1v) is 14.3. The van der Waals surface area contributed by atoms with Crippen LogP contribution in [0.4, 0.5) is 20.6 Å². The highest BCUT2D eigenvalue weighted by Crippen LogP contribution is 2.35. The fraction of sp³-hybridized carbons (Fsp3) is 0.467. The van der Waals surface area contributed by atoms with Crippen LogP contribution in [0.3, 0.4) is 0 Å². The van der Waals surface area contributed by atoms with Crippen molar-refractivity contribution < 1.29 is 23.5 Å². The number of anilines is 2. The molecule has 0 radical (unpaired) electrons. The second-order valence-corrected chi connectivity index (χ2v) is 12.1. The number of halogens is 1. The summed E-state index contributed by atoms with van der Waals surface area (Å²) in [5.41, 5.74) is 2.54. The molecule has 0 spiro atoms. The summed E-state index contributed by atoms with van der Waals surface area (Å²) in [5.74, 6) is -0.598. The lowest BCUT2D eigenvalue weighted by molar-refractivity contribution is 0.0114. The summed E-state index contributed by atoms with van der Waals surface area (Å²) in [6.45, 7) is 8.92. The molecule has 12 heteroatoms. The van der Waals surface area contributed by atoms with E-state index in [2.05, 4.69) is 20.3 Å². The molecule has 4 aromatic heterocycles. The van der Waals surface area contributed by atoms with Crippen LogP contribution in [0.1, 0.15) is 62.6 Å². The molecule has 1 saturated carbocycles. The van der Waals surface area contributed by atoms with Crippen molar-refractivity contribution in [2.75, 3.05) is 30.4 Å². The summed E-state index contributed by atoms with van der Waals surface area (Å²) in [6.07, 6.45) is 6.72.